The summed E-state index contributed by atoms with van der Waals surface area (Å²) >= 11 is 0. The summed E-state index contributed by atoms with van der Waals surface area (Å²) in [7, 11) is 2.14. The van der Waals surface area contributed by atoms with Crippen LogP contribution in [0.15, 0.2) is 18.2 Å². The van der Waals surface area contributed by atoms with Crippen LogP contribution in [0.2, 0.25) is 0 Å². The monoisotopic (exact) mass is 232 g/mol. The largest absolute Gasteiger partial charge is 0.388 e. The van der Waals surface area contributed by atoms with Gasteiger partial charge in [0, 0.05) is 32.2 Å². The molecule has 2 aliphatic rings. The molecule has 1 saturated heterocycles. The van der Waals surface area contributed by atoms with Gasteiger partial charge < -0.3 is 15.3 Å². The predicted molar refractivity (Wildman–Crippen MR) is 69.6 cm³/mol. The molecule has 0 aliphatic carbocycles. The molecule has 1 fully saturated rings. The van der Waals surface area contributed by atoms with Crippen LogP contribution in [0.4, 0.5) is 5.69 Å². The topological polar surface area (TPSA) is 35.5 Å². The number of aliphatic hydroxyl groups is 1. The zero-order chi connectivity index (χ0) is 11.9. The molecule has 0 amide bonds. The van der Waals surface area contributed by atoms with Gasteiger partial charge in [-0.05, 0) is 36.6 Å². The lowest BCUT2D eigenvalue weighted by Crippen LogP contribution is -2.33. The van der Waals surface area contributed by atoms with Crippen molar-refractivity contribution in [1.82, 2.24) is 5.32 Å². The molecule has 0 radical (unpaired) electrons. The van der Waals surface area contributed by atoms with Crippen LogP contribution < -0.4 is 10.2 Å². The third kappa shape index (κ3) is 2.05. The van der Waals surface area contributed by atoms with Crippen molar-refractivity contribution in [2.75, 3.05) is 31.6 Å². The van der Waals surface area contributed by atoms with Crippen LogP contribution in [0, 0.1) is 0 Å². The van der Waals surface area contributed by atoms with E-state index < -0.39 is 5.60 Å². The third-order valence-electron chi connectivity index (χ3n) is 4.03. The van der Waals surface area contributed by atoms with Crippen molar-refractivity contribution in [3.8, 4) is 0 Å². The van der Waals surface area contributed by atoms with E-state index in [1.165, 1.54) is 16.8 Å². The van der Waals surface area contributed by atoms with Crippen LogP contribution in [0.25, 0.3) is 0 Å². The van der Waals surface area contributed by atoms with Crippen LogP contribution >= 0.6 is 0 Å². The Labute approximate surface area is 102 Å². The van der Waals surface area contributed by atoms with Gasteiger partial charge in [-0.3, -0.25) is 0 Å². The lowest BCUT2D eigenvalue weighted by Gasteiger charge is -2.21. The van der Waals surface area contributed by atoms with Crippen molar-refractivity contribution < 1.29 is 5.11 Å². The molecule has 2 aliphatic heterocycles. The van der Waals surface area contributed by atoms with E-state index in [0.29, 0.717) is 0 Å². The van der Waals surface area contributed by atoms with E-state index in [4.69, 9.17) is 0 Å². The highest BCUT2D eigenvalue weighted by molar-refractivity contribution is 5.58. The first-order valence-electron chi connectivity index (χ1n) is 6.42. The molecule has 0 aromatic heterocycles. The molecule has 0 saturated carbocycles. The van der Waals surface area contributed by atoms with Gasteiger partial charge in [0.05, 0.1) is 5.60 Å². The Bertz CT molecular complexity index is 424. The Balaban J connectivity index is 1.81. The number of β-amino-alcohol motifs (C(OH)–C–C–N with tert-alkyl or cyclic N) is 1. The zero-order valence-corrected chi connectivity index (χ0v) is 10.4. The fourth-order valence-electron chi connectivity index (χ4n) is 2.99. The SMILES string of the molecule is CN1CCc2cc(CC3(O)CCNC3)ccc21. The highest BCUT2D eigenvalue weighted by atomic mass is 16.3. The summed E-state index contributed by atoms with van der Waals surface area (Å²) in [6.07, 6.45) is 2.78. The van der Waals surface area contributed by atoms with E-state index in [0.717, 1.165) is 38.9 Å². The van der Waals surface area contributed by atoms with Gasteiger partial charge in [-0.1, -0.05) is 12.1 Å². The van der Waals surface area contributed by atoms with E-state index in [1.807, 2.05) is 0 Å². The Hall–Kier alpha value is -1.06. The predicted octanol–water partition coefficient (Wildman–Crippen LogP) is 0.946. The number of nitrogens with one attached hydrogen (secondary N) is 1. The molecule has 3 heteroatoms. The minimum absolute atomic E-state index is 0.529. The summed E-state index contributed by atoms with van der Waals surface area (Å²) < 4.78 is 0. The number of rotatable bonds is 2. The number of fused-ring (bicyclic) bond motifs is 1. The molecule has 3 nitrogen and oxygen atoms in total. The number of hydrogen-bond acceptors (Lipinski definition) is 3. The average molecular weight is 232 g/mol. The molecular formula is C14H20N2O. The Morgan fingerprint density at radius 3 is 3.12 bits per heavy atom. The lowest BCUT2D eigenvalue weighted by molar-refractivity contribution is 0.0619. The average Bonchev–Trinajstić information content (AvgIpc) is 2.87. The van der Waals surface area contributed by atoms with E-state index in [1.54, 1.807) is 0 Å². The standard InChI is InChI=1S/C14H20N2O/c1-16-7-4-12-8-11(2-3-13(12)16)9-14(17)5-6-15-10-14/h2-3,8,15,17H,4-7,9-10H2,1H3. The first-order chi connectivity index (χ1) is 8.16. The van der Waals surface area contributed by atoms with Crippen molar-refractivity contribution in [3.05, 3.63) is 29.3 Å². The maximum absolute atomic E-state index is 10.4. The minimum Gasteiger partial charge on any atom is -0.388 e. The van der Waals surface area contributed by atoms with Gasteiger partial charge in [-0.25, -0.2) is 0 Å². The Kier molecular flexibility index (Phi) is 2.60. The molecule has 1 atom stereocenters. The number of hydrogen-bond donors (Lipinski definition) is 2. The third-order valence-corrected chi connectivity index (χ3v) is 4.03. The molecular weight excluding hydrogens is 212 g/mol. The molecule has 1 aromatic carbocycles. The van der Waals surface area contributed by atoms with Gasteiger partial charge in [0.1, 0.15) is 0 Å². The highest BCUT2D eigenvalue weighted by Crippen LogP contribution is 2.29. The summed E-state index contributed by atoms with van der Waals surface area (Å²) in [5, 5.41) is 13.6. The van der Waals surface area contributed by atoms with Crippen LogP contribution in [-0.4, -0.2) is 37.4 Å². The van der Waals surface area contributed by atoms with Crippen molar-refractivity contribution in [2.24, 2.45) is 0 Å². The van der Waals surface area contributed by atoms with Gasteiger partial charge in [0.15, 0.2) is 0 Å². The van der Waals surface area contributed by atoms with Crippen molar-refractivity contribution in [3.63, 3.8) is 0 Å². The minimum atomic E-state index is -0.529. The maximum atomic E-state index is 10.4. The maximum Gasteiger partial charge on any atom is 0.0823 e. The Morgan fingerprint density at radius 1 is 1.47 bits per heavy atom. The number of nitrogens with zero attached hydrogens (tertiary/aromatic N) is 1. The van der Waals surface area contributed by atoms with Crippen LogP contribution in [0.1, 0.15) is 17.5 Å². The summed E-state index contributed by atoms with van der Waals surface area (Å²) in [5.41, 5.74) is 3.52. The van der Waals surface area contributed by atoms with Gasteiger partial charge in [-0.2, -0.15) is 0 Å². The fraction of sp³-hybridized carbons (Fsp3) is 0.571. The molecule has 2 heterocycles. The smallest absolute Gasteiger partial charge is 0.0823 e. The van der Waals surface area contributed by atoms with Crippen LogP contribution in [0.3, 0.4) is 0 Å². The van der Waals surface area contributed by atoms with Gasteiger partial charge in [0.25, 0.3) is 0 Å². The second-order valence-electron chi connectivity index (χ2n) is 5.46. The summed E-state index contributed by atoms with van der Waals surface area (Å²) in [4.78, 5) is 2.30. The Morgan fingerprint density at radius 2 is 2.35 bits per heavy atom. The molecule has 1 aromatic rings. The summed E-state index contributed by atoms with van der Waals surface area (Å²) in [6.45, 7) is 2.78. The van der Waals surface area contributed by atoms with E-state index >= 15 is 0 Å². The van der Waals surface area contributed by atoms with Gasteiger partial charge in [-0.15, -0.1) is 0 Å². The number of anilines is 1. The van der Waals surface area contributed by atoms with Crippen molar-refractivity contribution >= 4 is 5.69 Å². The second-order valence-corrected chi connectivity index (χ2v) is 5.46. The normalized spacial score (nSPS) is 27.5. The molecule has 3 rings (SSSR count). The first kappa shape index (κ1) is 11.1. The quantitative estimate of drug-likeness (QED) is 0.797. The molecule has 0 bridgehead atoms. The van der Waals surface area contributed by atoms with Crippen molar-refractivity contribution in [2.45, 2.75) is 24.9 Å². The van der Waals surface area contributed by atoms with Crippen LogP contribution in [0.5, 0.6) is 0 Å². The van der Waals surface area contributed by atoms with E-state index in [2.05, 4.69) is 35.5 Å². The van der Waals surface area contributed by atoms with Gasteiger partial charge in [0.2, 0.25) is 0 Å². The number of likely N-dealkylation sites (N-methyl/N-ethyl adjacent to an activating group) is 1. The van der Waals surface area contributed by atoms with Crippen molar-refractivity contribution in [1.29, 1.82) is 0 Å². The first-order valence-corrected chi connectivity index (χ1v) is 6.42. The summed E-state index contributed by atoms with van der Waals surface area (Å²) in [5.74, 6) is 0. The molecule has 1 unspecified atom stereocenters. The van der Waals surface area contributed by atoms with E-state index in [-0.39, 0.29) is 0 Å². The molecule has 2 N–H and O–H groups in total. The zero-order valence-electron chi connectivity index (χ0n) is 10.4. The van der Waals surface area contributed by atoms with Gasteiger partial charge >= 0.3 is 0 Å². The fourth-order valence-corrected chi connectivity index (χ4v) is 2.99. The van der Waals surface area contributed by atoms with Crippen LogP contribution in [-0.2, 0) is 12.8 Å². The summed E-state index contributed by atoms with van der Waals surface area (Å²) in [6, 6.07) is 6.63. The number of benzene rings is 1. The molecule has 0 spiro atoms. The lowest BCUT2D eigenvalue weighted by atomic mass is 9.92. The highest BCUT2D eigenvalue weighted by Gasteiger charge is 2.31. The molecule has 92 valence electrons. The van der Waals surface area contributed by atoms with E-state index in [9.17, 15) is 5.11 Å². The second kappa shape index (κ2) is 4.00. The molecule has 17 heavy (non-hydrogen) atoms.